The van der Waals surface area contributed by atoms with Gasteiger partial charge in [-0.3, -0.25) is 4.79 Å². The van der Waals surface area contributed by atoms with Crippen molar-refractivity contribution in [3.8, 4) is 5.75 Å². The second-order valence-corrected chi connectivity index (χ2v) is 4.17. The summed E-state index contributed by atoms with van der Waals surface area (Å²) in [7, 11) is 1.61. The summed E-state index contributed by atoms with van der Waals surface area (Å²) < 4.78 is 5.06. The van der Waals surface area contributed by atoms with Gasteiger partial charge < -0.3 is 10.1 Å². The molecule has 0 bridgehead atoms. The Morgan fingerprint density at radius 2 is 2.12 bits per heavy atom. The topological polar surface area (TPSA) is 38.3 Å². The van der Waals surface area contributed by atoms with Gasteiger partial charge in [0.05, 0.1) is 7.11 Å². The summed E-state index contributed by atoms with van der Waals surface area (Å²) in [6.07, 6.45) is 7.49. The zero-order valence-electron chi connectivity index (χ0n) is 9.98. The molecule has 3 nitrogen and oxygen atoms in total. The number of carbonyl (C=O) groups is 1. The third-order valence-corrected chi connectivity index (χ3v) is 2.92. The first kappa shape index (κ1) is 11.7. The molecule has 1 aliphatic rings. The van der Waals surface area contributed by atoms with Crippen molar-refractivity contribution in [2.45, 2.75) is 25.3 Å². The molecule has 0 fully saturated rings. The quantitative estimate of drug-likeness (QED) is 0.812. The van der Waals surface area contributed by atoms with Crippen LogP contribution in [0.4, 0.5) is 0 Å². The van der Waals surface area contributed by atoms with Crippen LogP contribution in [0.25, 0.3) is 0 Å². The van der Waals surface area contributed by atoms with Crippen molar-refractivity contribution in [3.63, 3.8) is 0 Å². The van der Waals surface area contributed by atoms with Gasteiger partial charge in [-0.25, -0.2) is 0 Å². The lowest BCUT2D eigenvalue weighted by molar-refractivity contribution is 0.0942. The standard InChI is InChI=1S/C14H17NO2/c1-17-13-9-7-11(8-10-13)14(16)15-12-5-3-2-4-6-12/h3,5,7-10,12H,2,4,6H2,1H3,(H,15,16). The maximum atomic E-state index is 11.9. The van der Waals surface area contributed by atoms with Crippen LogP contribution in [-0.2, 0) is 0 Å². The number of rotatable bonds is 3. The van der Waals surface area contributed by atoms with Crippen molar-refractivity contribution in [2.24, 2.45) is 0 Å². The minimum Gasteiger partial charge on any atom is -0.497 e. The molecule has 1 aromatic rings. The van der Waals surface area contributed by atoms with Crippen LogP contribution in [0.2, 0.25) is 0 Å². The van der Waals surface area contributed by atoms with Gasteiger partial charge in [-0.05, 0) is 43.5 Å². The fourth-order valence-corrected chi connectivity index (χ4v) is 1.93. The predicted molar refractivity (Wildman–Crippen MR) is 67.2 cm³/mol. The summed E-state index contributed by atoms with van der Waals surface area (Å²) >= 11 is 0. The third kappa shape index (κ3) is 3.09. The molecule has 0 aromatic heterocycles. The van der Waals surface area contributed by atoms with Crippen LogP contribution in [-0.4, -0.2) is 19.1 Å². The van der Waals surface area contributed by atoms with Gasteiger partial charge in [0, 0.05) is 11.6 Å². The molecule has 3 heteroatoms. The first-order chi connectivity index (χ1) is 8.29. The van der Waals surface area contributed by atoms with E-state index < -0.39 is 0 Å². The predicted octanol–water partition coefficient (Wildman–Crippen LogP) is 2.53. The Bertz CT molecular complexity index is 409. The molecule has 2 rings (SSSR count). The second-order valence-electron chi connectivity index (χ2n) is 4.17. The molecular weight excluding hydrogens is 214 g/mol. The van der Waals surface area contributed by atoms with Gasteiger partial charge in [-0.2, -0.15) is 0 Å². The molecular formula is C14H17NO2. The first-order valence-electron chi connectivity index (χ1n) is 5.91. The highest BCUT2D eigenvalue weighted by atomic mass is 16.5. The van der Waals surface area contributed by atoms with Crippen molar-refractivity contribution in [2.75, 3.05) is 7.11 Å². The number of hydrogen-bond donors (Lipinski definition) is 1. The number of allylic oxidation sites excluding steroid dienone is 1. The van der Waals surface area contributed by atoms with E-state index in [1.54, 1.807) is 31.4 Å². The van der Waals surface area contributed by atoms with E-state index in [1.165, 1.54) is 0 Å². The van der Waals surface area contributed by atoms with Crippen LogP contribution >= 0.6 is 0 Å². The zero-order valence-corrected chi connectivity index (χ0v) is 9.98. The van der Waals surface area contributed by atoms with Gasteiger partial charge in [-0.1, -0.05) is 12.2 Å². The van der Waals surface area contributed by atoms with Crippen molar-refractivity contribution < 1.29 is 9.53 Å². The lowest BCUT2D eigenvalue weighted by Gasteiger charge is -2.17. The summed E-state index contributed by atoms with van der Waals surface area (Å²) in [5.74, 6) is 0.739. The molecule has 0 radical (unpaired) electrons. The summed E-state index contributed by atoms with van der Waals surface area (Å²) in [6, 6.07) is 7.33. The number of hydrogen-bond acceptors (Lipinski definition) is 2. The molecule has 0 aliphatic heterocycles. The van der Waals surface area contributed by atoms with Crippen molar-refractivity contribution in [1.82, 2.24) is 5.32 Å². The van der Waals surface area contributed by atoms with Crippen molar-refractivity contribution in [1.29, 1.82) is 0 Å². The average Bonchev–Trinajstić information content (AvgIpc) is 2.40. The van der Waals surface area contributed by atoms with Crippen LogP contribution in [0.5, 0.6) is 5.75 Å². The smallest absolute Gasteiger partial charge is 0.251 e. The number of carbonyl (C=O) groups excluding carboxylic acids is 1. The molecule has 1 N–H and O–H groups in total. The van der Waals surface area contributed by atoms with Gasteiger partial charge >= 0.3 is 0 Å². The number of amides is 1. The number of nitrogens with one attached hydrogen (secondary N) is 1. The molecule has 1 aliphatic carbocycles. The van der Waals surface area contributed by atoms with Crippen LogP contribution in [0.15, 0.2) is 36.4 Å². The van der Waals surface area contributed by atoms with Gasteiger partial charge in [0.1, 0.15) is 5.75 Å². The number of methoxy groups -OCH3 is 1. The molecule has 0 heterocycles. The summed E-state index contributed by atoms with van der Waals surface area (Å²) in [5, 5.41) is 3.01. The number of benzene rings is 1. The minimum atomic E-state index is -0.0239. The lowest BCUT2D eigenvalue weighted by atomic mass is 10.0. The van der Waals surface area contributed by atoms with Gasteiger partial charge in [0.15, 0.2) is 0 Å². The fourth-order valence-electron chi connectivity index (χ4n) is 1.93. The Morgan fingerprint density at radius 1 is 1.35 bits per heavy atom. The molecule has 1 unspecified atom stereocenters. The Hall–Kier alpha value is -1.77. The van der Waals surface area contributed by atoms with Crippen LogP contribution < -0.4 is 10.1 Å². The molecule has 0 saturated heterocycles. The molecule has 1 amide bonds. The third-order valence-electron chi connectivity index (χ3n) is 2.92. The summed E-state index contributed by atoms with van der Waals surface area (Å²) in [6.45, 7) is 0. The SMILES string of the molecule is COc1ccc(C(=O)NC2C=CCCC2)cc1. The average molecular weight is 231 g/mol. The van der Waals surface area contributed by atoms with E-state index in [-0.39, 0.29) is 11.9 Å². The number of ether oxygens (including phenoxy) is 1. The maximum absolute atomic E-state index is 11.9. The first-order valence-corrected chi connectivity index (χ1v) is 5.91. The second kappa shape index (κ2) is 5.53. The highest BCUT2D eigenvalue weighted by Gasteiger charge is 2.12. The van der Waals surface area contributed by atoms with E-state index in [0.717, 1.165) is 25.0 Å². The van der Waals surface area contributed by atoms with E-state index in [9.17, 15) is 4.79 Å². The van der Waals surface area contributed by atoms with E-state index in [0.29, 0.717) is 5.56 Å². The van der Waals surface area contributed by atoms with Crippen LogP contribution in [0.3, 0.4) is 0 Å². The van der Waals surface area contributed by atoms with E-state index >= 15 is 0 Å². The Balaban J connectivity index is 1.98. The highest BCUT2D eigenvalue weighted by molar-refractivity contribution is 5.94. The van der Waals surface area contributed by atoms with Crippen molar-refractivity contribution >= 4 is 5.91 Å². The van der Waals surface area contributed by atoms with E-state index in [2.05, 4.69) is 17.5 Å². The fraction of sp³-hybridized carbons (Fsp3) is 0.357. The van der Waals surface area contributed by atoms with Crippen LogP contribution in [0.1, 0.15) is 29.6 Å². The Kier molecular flexibility index (Phi) is 3.81. The molecule has 1 atom stereocenters. The molecule has 17 heavy (non-hydrogen) atoms. The summed E-state index contributed by atoms with van der Waals surface area (Å²) in [4.78, 5) is 11.9. The molecule has 1 aromatic carbocycles. The minimum absolute atomic E-state index is 0.0239. The molecule has 0 saturated carbocycles. The van der Waals surface area contributed by atoms with Crippen molar-refractivity contribution in [3.05, 3.63) is 42.0 Å². The Morgan fingerprint density at radius 3 is 2.71 bits per heavy atom. The molecule has 0 spiro atoms. The van der Waals surface area contributed by atoms with Gasteiger partial charge in [0.25, 0.3) is 5.91 Å². The van der Waals surface area contributed by atoms with Gasteiger partial charge in [-0.15, -0.1) is 0 Å². The zero-order chi connectivity index (χ0) is 12.1. The largest absolute Gasteiger partial charge is 0.497 e. The van der Waals surface area contributed by atoms with E-state index in [1.807, 2.05) is 0 Å². The maximum Gasteiger partial charge on any atom is 0.251 e. The lowest BCUT2D eigenvalue weighted by Crippen LogP contribution is -2.34. The van der Waals surface area contributed by atoms with Gasteiger partial charge in [0.2, 0.25) is 0 Å². The van der Waals surface area contributed by atoms with Crippen LogP contribution in [0, 0.1) is 0 Å². The highest BCUT2D eigenvalue weighted by Crippen LogP contribution is 2.13. The monoisotopic (exact) mass is 231 g/mol. The molecule has 90 valence electrons. The van der Waals surface area contributed by atoms with E-state index in [4.69, 9.17) is 4.74 Å². The normalized spacial score (nSPS) is 18.8. The summed E-state index contributed by atoms with van der Waals surface area (Å²) in [5.41, 5.74) is 0.671. The Labute approximate surface area is 101 Å².